The number of carbonyl (C=O) groups is 1. The molecular formula is C19H23NO4. The van der Waals surface area contributed by atoms with Crippen LogP contribution in [0.25, 0.3) is 0 Å². The molecule has 0 spiro atoms. The minimum Gasteiger partial charge on any atom is -0.497 e. The Balaban J connectivity index is 1.98. The van der Waals surface area contributed by atoms with Crippen LogP contribution in [0.2, 0.25) is 0 Å². The van der Waals surface area contributed by atoms with Crippen LogP contribution in [-0.2, 0) is 4.74 Å². The third-order valence-corrected chi connectivity index (χ3v) is 3.64. The Kier molecular flexibility index (Phi) is 6.07. The second kappa shape index (κ2) is 8.24. The van der Waals surface area contributed by atoms with Crippen molar-refractivity contribution in [2.75, 3.05) is 18.6 Å². The first kappa shape index (κ1) is 17.7. The van der Waals surface area contributed by atoms with Crippen LogP contribution in [0.4, 0.5) is 10.5 Å². The monoisotopic (exact) mass is 329 g/mol. The molecule has 0 heterocycles. The van der Waals surface area contributed by atoms with Crippen molar-refractivity contribution >= 4 is 11.8 Å². The van der Waals surface area contributed by atoms with E-state index in [0.717, 1.165) is 11.3 Å². The third kappa shape index (κ3) is 4.65. The molecule has 2 rings (SSSR count). The maximum Gasteiger partial charge on any atom is 0.515 e. The van der Waals surface area contributed by atoms with Gasteiger partial charge >= 0.3 is 6.16 Å². The van der Waals surface area contributed by atoms with Crippen LogP contribution >= 0.6 is 0 Å². The van der Waals surface area contributed by atoms with Crippen molar-refractivity contribution in [2.45, 2.75) is 27.0 Å². The molecule has 0 aliphatic heterocycles. The zero-order valence-corrected chi connectivity index (χ0v) is 14.5. The van der Waals surface area contributed by atoms with E-state index in [1.165, 1.54) is 0 Å². The Labute approximate surface area is 142 Å². The van der Waals surface area contributed by atoms with Crippen molar-refractivity contribution in [1.29, 1.82) is 0 Å². The number of ether oxygens (including phenoxy) is 3. The topological polar surface area (TPSA) is 48.0 Å². The first-order valence-electron chi connectivity index (χ1n) is 7.89. The zero-order valence-electron chi connectivity index (χ0n) is 14.5. The fraction of sp³-hybridized carbons (Fsp3) is 0.316. The van der Waals surface area contributed by atoms with E-state index in [4.69, 9.17) is 14.2 Å². The van der Waals surface area contributed by atoms with Crippen molar-refractivity contribution in [2.24, 2.45) is 0 Å². The van der Waals surface area contributed by atoms with E-state index >= 15 is 0 Å². The number of benzene rings is 2. The van der Waals surface area contributed by atoms with Crippen LogP contribution in [0.5, 0.6) is 11.5 Å². The van der Waals surface area contributed by atoms with Crippen LogP contribution in [0.3, 0.4) is 0 Å². The summed E-state index contributed by atoms with van der Waals surface area (Å²) in [7, 11) is 1.58. The summed E-state index contributed by atoms with van der Waals surface area (Å²) in [5, 5.41) is 0. The summed E-state index contributed by atoms with van der Waals surface area (Å²) >= 11 is 0. The first-order chi connectivity index (χ1) is 11.5. The molecule has 0 radical (unpaired) electrons. The first-order valence-corrected chi connectivity index (χ1v) is 7.89. The van der Waals surface area contributed by atoms with Crippen molar-refractivity contribution < 1.29 is 19.0 Å². The number of methoxy groups -OCH3 is 1. The van der Waals surface area contributed by atoms with Gasteiger partial charge in [0.05, 0.1) is 7.11 Å². The van der Waals surface area contributed by atoms with Crippen LogP contribution in [0, 0.1) is 6.92 Å². The van der Waals surface area contributed by atoms with E-state index in [1.54, 1.807) is 31.4 Å². The standard InChI is InChI=1S/C19H23NO4/c1-5-20(16-8-6-7-14(2)13-16)15(3)23-19(21)24-18-11-9-17(22-4)10-12-18/h6-13,15H,5H2,1-4H3. The van der Waals surface area contributed by atoms with E-state index in [1.807, 2.05) is 43.9 Å². The molecule has 2 aromatic carbocycles. The molecule has 0 amide bonds. The summed E-state index contributed by atoms with van der Waals surface area (Å²) < 4.78 is 15.7. The molecule has 0 aliphatic carbocycles. The Morgan fingerprint density at radius 2 is 1.79 bits per heavy atom. The number of carbonyl (C=O) groups excluding carboxylic acids is 1. The highest BCUT2D eigenvalue weighted by Gasteiger charge is 2.18. The lowest BCUT2D eigenvalue weighted by Gasteiger charge is -2.29. The van der Waals surface area contributed by atoms with Crippen LogP contribution in [-0.4, -0.2) is 26.0 Å². The quantitative estimate of drug-likeness (QED) is 0.447. The predicted octanol–water partition coefficient (Wildman–Crippen LogP) is 4.39. The Hall–Kier alpha value is -2.69. The van der Waals surface area contributed by atoms with Gasteiger partial charge in [-0.2, -0.15) is 0 Å². The van der Waals surface area contributed by atoms with Crippen LogP contribution in [0.1, 0.15) is 19.4 Å². The highest BCUT2D eigenvalue weighted by Crippen LogP contribution is 2.20. The fourth-order valence-electron chi connectivity index (χ4n) is 2.42. The second-order valence-electron chi connectivity index (χ2n) is 5.37. The predicted molar refractivity (Wildman–Crippen MR) is 93.8 cm³/mol. The molecule has 0 aliphatic rings. The normalized spacial score (nSPS) is 11.5. The summed E-state index contributed by atoms with van der Waals surface area (Å²) in [5.41, 5.74) is 2.15. The molecule has 1 unspecified atom stereocenters. The number of hydrogen-bond acceptors (Lipinski definition) is 5. The SMILES string of the molecule is CCN(c1cccc(C)c1)C(C)OC(=O)Oc1ccc(OC)cc1. The van der Waals surface area contributed by atoms with Gasteiger partial charge in [0, 0.05) is 12.2 Å². The molecule has 5 nitrogen and oxygen atoms in total. The number of anilines is 1. The molecule has 1 atom stereocenters. The van der Waals surface area contributed by atoms with Gasteiger partial charge in [0.1, 0.15) is 11.5 Å². The molecule has 0 fully saturated rings. The minimum atomic E-state index is -0.737. The van der Waals surface area contributed by atoms with Gasteiger partial charge in [0.15, 0.2) is 6.23 Å². The van der Waals surface area contributed by atoms with Gasteiger partial charge in [-0.1, -0.05) is 12.1 Å². The van der Waals surface area contributed by atoms with Gasteiger partial charge in [-0.3, -0.25) is 0 Å². The summed E-state index contributed by atoms with van der Waals surface area (Å²) in [4.78, 5) is 14.0. The summed E-state index contributed by atoms with van der Waals surface area (Å²) in [6.07, 6.45) is -1.18. The van der Waals surface area contributed by atoms with Gasteiger partial charge in [0.25, 0.3) is 0 Å². The number of nitrogens with zero attached hydrogens (tertiary/aromatic N) is 1. The highest BCUT2D eigenvalue weighted by molar-refractivity contribution is 5.64. The van der Waals surface area contributed by atoms with E-state index in [0.29, 0.717) is 18.0 Å². The van der Waals surface area contributed by atoms with Crippen LogP contribution in [0.15, 0.2) is 48.5 Å². The third-order valence-electron chi connectivity index (χ3n) is 3.64. The summed E-state index contributed by atoms with van der Waals surface area (Å²) in [5.74, 6) is 1.10. The van der Waals surface area contributed by atoms with Crippen LogP contribution < -0.4 is 14.4 Å². The fourth-order valence-corrected chi connectivity index (χ4v) is 2.42. The smallest absolute Gasteiger partial charge is 0.497 e. The van der Waals surface area contributed by atoms with Crippen molar-refractivity contribution in [3.8, 4) is 11.5 Å². The second-order valence-corrected chi connectivity index (χ2v) is 5.37. The number of hydrogen-bond donors (Lipinski definition) is 0. The van der Waals surface area contributed by atoms with Gasteiger partial charge < -0.3 is 19.1 Å². The lowest BCUT2D eigenvalue weighted by Crippen LogP contribution is -2.37. The molecule has 0 saturated carbocycles. The maximum atomic E-state index is 12.0. The number of rotatable bonds is 6. The van der Waals surface area contributed by atoms with E-state index in [9.17, 15) is 4.79 Å². The van der Waals surface area contributed by atoms with Crippen molar-refractivity contribution in [3.63, 3.8) is 0 Å². The van der Waals surface area contributed by atoms with Gasteiger partial charge in [-0.05, 0) is 62.7 Å². The lowest BCUT2D eigenvalue weighted by atomic mass is 10.2. The van der Waals surface area contributed by atoms with Gasteiger partial charge in [0.2, 0.25) is 0 Å². The Morgan fingerprint density at radius 3 is 2.38 bits per heavy atom. The summed E-state index contributed by atoms with van der Waals surface area (Å²) in [6, 6.07) is 14.8. The van der Waals surface area contributed by atoms with E-state index in [-0.39, 0.29) is 0 Å². The largest absolute Gasteiger partial charge is 0.515 e. The number of aryl methyl sites for hydroxylation is 1. The molecule has 128 valence electrons. The van der Waals surface area contributed by atoms with Crippen molar-refractivity contribution in [3.05, 3.63) is 54.1 Å². The Bertz CT molecular complexity index is 669. The highest BCUT2D eigenvalue weighted by atomic mass is 16.7. The lowest BCUT2D eigenvalue weighted by molar-refractivity contribution is 0.0645. The molecule has 0 bridgehead atoms. The van der Waals surface area contributed by atoms with E-state index in [2.05, 4.69) is 6.07 Å². The van der Waals surface area contributed by atoms with Gasteiger partial charge in [-0.25, -0.2) is 4.79 Å². The molecule has 0 saturated heterocycles. The average molecular weight is 329 g/mol. The maximum absolute atomic E-state index is 12.0. The summed E-state index contributed by atoms with van der Waals surface area (Å²) in [6.45, 7) is 6.57. The molecule has 2 aromatic rings. The molecule has 5 heteroatoms. The van der Waals surface area contributed by atoms with Crippen molar-refractivity contribution in [1.82, 2.24) is 0 Å². The van der Waals surface area contributed by atoms with Gasteiger partial charge in [-0.15, -0.1) is 0 Å². The molecule has 0 aromatic heterocycles. The van der Waals surface area contributed by atoms with E-state index < -0.39 is 12.4 Å². The zero-order chi connectivity index (χ0) is 17.5. The minimum absolute atomic E-state index is 0.409. The molecular weight excluding hydrogens is 306 g/mol. The average Bonchev–Trinajstić information content (AvgIpc) is 2.56. The Morgan fingerprint density at radius 1 is 1.12 bits per heavy atom. The molecule has 0 N–H and O–H groups in total. The molecule has 24 heavy (non-hydrogen) atoms.